The van der Waals surface area contributed by atoms with Crippen LogP contribution in [0.1, 0.15) is 17.5 Å². The van der Waals surface area contributed by atoms with Crippen LogP contribution in [0.4, 0.5) is 0 Å². The lowest BCUT2D eigenvalue weighted by Crippen LogP contribution is -2.31. The van der Waals surface area contributed by atoms with Crippen molar-refractivity contribution in [3.63, 3.8) is 0 Å². The number of aliphatic hydroxyl groups excluding tert-OH is 1. The molecule has 21 heavy (non-hydrogen) atoms. The third kappa shape index (κ3) is 4.21. The summed E-state index contributed by atoms with van der Waals surface area (Å²) in [7, 11) is 5.93. The zero-order valence-electron chi connectivity index (χ0n) is 13.1. The second kappa shape index (κ2) is 7.46. The second-order valence-electron chi connectivity index (χ2n) is 5.64. The van der Waals surface area contributed by atoms with Gasteiger partial charge in [-0.15, -0.1) is 0 Å². The summed E-state index contributed by atoms with van der Waals surface area (Å²) in [5.41, 5.74) is 2.07. The molecule has 0 amide bonds. The molecule has 1 unspecified atom stereocenters. The van der Waals surface area contributed by atoms with Crippen LogP contribution in [-0.4, -0.2) is 61.8 Å². The van der Waals surface area contributed by atoms with E-state index in [4.69, 9.17) is 9.84 Å². The van der Waals surface area contributed by atoms with E-state index in [-0.39, 0.29) is 6.61 Å². The lowest BCUT2D eigenvalue weighted by Gasteiger charge is -2.20. The van der Waals surface area contributed by atoms with Crippen LogP contribution in [0.15, 0.2) is 18.2 Å². The van der Waals surface area contributed by atoms with Gasteiger partial charge in [0.2, 0.25) is 0 Å². The van der Waals surface area contributed by atoms with Crippen molar-refractivity contribution >= 4 is 0 Å². The Morgan fingerprint density at radius 2 is 2.24 bits per heavy atom. The highest BCUT2D eigenvalue weighted by Gasteiger charge is 2.23. The van der Waals surface area contributed by atoms with Crippen LogP contribution in [0.3, 0.4) is 0 Å². The van der Waals surface area contributed by atoms with Gasteiger partial charge in [0, 0.05) is 25.7 Å². The number of aliphatic hydroxyl groups is 1. The van der Waals surface area contributed by atoms with Crippen molar-refractivity contribution in [2.45, 2.75) is 19.0 Å². The molecule has 0 bridgehead atoms. The maximum absolute atomic E-state index is 8.84. The molecule has 114 valence electrons. The van der Waals surface area contributed by atoms with Gasteiger partial charge in [-0.05, 0) is 38.2 Å². The number of rotatable bonds is 4. The minimum Gasteiger partial charge on any atom is -0.495 e. The van der Waals surface area contributed by atoms with Crippen LogP contribution in [0.2, 0.25) is 0 Å². The molecule has 1 aromatic rings. The predicted octanol–water partition coefficient (Wildman–Crippen LogP) is 1.17. The lowest BCUT2D eigenvalue weighted by molar-refractivity contribution is 0.264. The zero-order valence-corrected chi connectivity index (χ0v) is 13.1. The molecule has 0 spiro atoms. The fourth-order valence-electron chi connectivity index (χ4n) is 2.72. The maximum atomic E-state index is 8.84. The topological polar surface area (TPSA) is 35.9 Å². The van der Waals surface area contributed by atoms with Gasteiger partial charge >= 0.3 is 0 Å². The molecule has 1 heterocycles. The van der Waals surface area contributed by atoms with Gasteiger partial charge in [0.15, 0.2) is 0 Å². The molecule has 4 heteroatoms. The molecular formula is C17H24N2O2. The second-order valence-corrected chi connectivity index (χ2v) is 5.64. The summed E-state index contributed by atoms with van der Waals surface area (Å²) in [5.74, 6) is 6.40. The summed E-state index contributed by atoms with van der Waals surface area (Å²) >= 11 is 0. The summed E-state index contributed by atoms with van der Waals surface area (Å²) < 4.78 is 5.31. The minimum atomic E-state index is -0.135. The number of ether oxygens (including phenoxy) is 1. The Bertz CT molecular complexity index is 531. The Kier molecular flexibility index (Phi) is 5.63. The van der Waals surface area contributed by atoms with E-state index in [1.807, 2.05) is 6.07 Å². The first-order valence-electron chi connectivity index (χ1n) is 7.29. The molecular weight excluding hydrogens is 264 g/mol. The van der Waals surface area contributed by atoms with Crippen LogP contribution in [0.5, 0.6) is 5.75 Å². The van der Waals surface area contributed by atoms with E-state index < -0.39 is 0 Å². The van der Waals surface area contributed by atoms with E-state index in [1.165, 1.54) is 12.0 Å². The van der Waals surface area contributed by atoms with Gasteiger partial charge in [-0.2, -0.15) is 0 Å². The Hall–Kier alpha value is -1.54. The molecule has 1 N–H and O–H groups in total. The number of hydrogen-bond acceptors (Lipinski definition) is 4. The van der Waals surface area contributed by atoms with Crippen molar-refractivity contribution in [3.8, 4) is 17.6 Å². The normalized spacial score (nSPS) is 18.6. The predicted molar refractivity (Wildman–Crippen MR) is 84.3 cm³/mol. The van der Waals surface area contributed by atoms with Crippen LogP contribution in [-0.2, 0) is 6.54 Å². The first-order valence-corrected chi connectivity index (χ1v) is 7.29. The monoisotopic (exact) mass is 288 g/mol. The minimum absolute atomic E-state index is 0.135. The standard InChI is InChI=1S/C17H24N2O2/c1-18(2)16-8-9-19(13-16)12-14-6-7-17(21-3)15(11-14)5-4-10-20/h6-7,11,16,20H,8-10,12-13H2,1-3H3. The molecule has 1 aliphatic heterocycles. The highest BCUT2D eigenvalue weighted by molar-refractivity contribution is 5.48. The quantitative estimate of drug-likeness (QED) is 0.844. The molecule has 1 aromatic carbocycles. The van der Waals surface area contributed by atoms with Gasteiger partial charge in [-0.3, -0.25) is 4.90 Å². The molecule has 0 aliphatic carbocycles. The van der Waals surface area contributed by atoms with Crippen molar-refractivity contribution in [2.24, 2.45) is 0 Å². The van der Waals surface area contributed by atoms with Gasteiger partial charge < -0.3 is 14.7 Å². The van der Waals surface area contributed by atoms with Gasteiger partial charge in [0.25, 0.3) is 0 Å². The number of likely N-dealkylation sites (tertiary alicyclic amines) is 1. The van der Waals surface area contributed by atoms with Crippen LogP contribution in [0, 0.1) is 11.8 Å². The van der Waals surface area contributed by atoms with Gasteiger partial charge in [-0.1, -0.05) is 17.9 Å². The Balaban J connectivity index is 2.07. The number of methoxy groups -OCH3 is 1. The van der Waals surface area contributed by atoms with Crippen molar-refractivity contribution in [1.82, 2.24) is 9.80 Å². The Morgan fingerprint density at radius 1 is 1.43 bits per heavy atom. The SMILES string of the molecule is COc1ccc(CN2CCC(N(C)C)C2)cc1C#CCO. The molecule has 0 aromatic heterocycles. The van der Waals surface area contributed by atoms with E-state index in [2.05, 4.69) is 47.9 Å². The fraction of sp³-hybridized carbons (Fsp3) is 0.529. The van der Waals surface area contributed by atoms with E-state index in [0.717, 1.165) is 30.9 Å². The van der Waals surface area contributed by atoms with Crippen LogP contribution < -0.4 is 4.74 Å². The average molecular weight is 288 g/mol. The number of benzene rings is 1. The summed E-state index contributed by atoms with van der Waals surface area (Å²) in [6, 6.07) is 6.75. The Morgan fingerprint density at radius 3 is 2.86 bits per heavy atom. The van der Waals surface area contributed by atoms with Crippen LogP contribution >= 0.6 is 0 Å². The third-order valence-corrected chi connectivity index (χ3v) is 3.95. The molecule has 0 radical (unpaired) electrons. The van der Waals surface area contributed by atoms with Crippen LogP contribution in [0.25, 0.3) is 0 Å². The zero-order chi connectivity index (χ0) is 15.2. The number of likely N-dealkylation sites (N-methyl/N-ethyl adjacent to an activating group) is 1. The highest BCUT2D eigenvalue weighted by atomic mass is 16.5. The average Bonchev–Trinajstić information content (AvgIpc) is 2.94. The molecule has 1 fully saturated rings. The van der Waals surface area contributed by atoms with Crippen molar-refractivity contribution in [1.29, 1.82) is 0 Å². The summed E-state index contributed by atoms with van der Waals surface area (Å²) in [5, 5.41) is 8.84. The number of nitrogens with zero attached hydrogens (tertiary/aromatic N) is 2. The van der Waals surface area contributed by atoms with E-state index in [9.17, 15) is 0 Å². The van der Waals surface area contributed by atoms with Crippen molar-refractivity contribution in [2.75, 3.05) is 40.9 Å². The van der Waals surface area contributed by atoms with Gasteiger partial charge in [0.1, 0.15) is 12.4 Å². The molecule has 1 aliphatic rings. The summed E-state index contributed by atoms with van der Waals surface area (Å²) in [4.78, 5) is 4.77. The molecule has 0 saturated carbocycles. The smallest absolute Gasteiger partial charge is 0.134 e. The van der Waals surface area contributed by atoms with E-state index in [0.29, 0.717) is 6.04 Å². The third-order valence-electron chi connectivity index (χ3n) is 3.95. The van der Waals surface area contributed by atoms with Crippen molar-refractivity contribution in [3.05, 3.63) is 29.3 Å². The van der Waals surface area contributed by atoms with Crippen molar-refractivity contribution < 1.29 is 9.84 Å². The largest absolute Gasteiger partial charge is 0.495 e. The molecule has 4 nitrogen and oxygen atoms in total. The molecule has 1 atom stereocenters. The maximum Gasteiger partial charge on any atom is 0.134 e. The fourth-order valence-corrected chi connectivity index (χ4v) is 2.72. The summed E-state index contributed by atoms with van der Waals surface area (Å²) in [6.45, 7) is 3.04. The number of hydrogen-bond donors (Lipinski definition) is 1. The summed E-state index contributed by atoms with van der Waals surface area (Å²) in [6.07, 6.45) is 1.22. The van der Waals surface area contributed by atoms with E-state index in [1.54, 1.807) is 7.11 Å². The highest BCUT2D eigenvalue weighted by Crippen LogP contribution is 2.22. The van der Waals surface area contributed by atoms with E-state index >= 15 is 0 Å². The molecule has 2 rings (SSSR count). The molecule has 1 saturated heterocycles. The van der Waals surface area contributed by atoms with Gasteiger partial charge in [0.05, 0.1) is 12.7 Å². The Labute approximate surface area is 127 Å². The first kappa shape index (κ1) is 15.8. The first-order chi connectivity index (χ1) is 10.1. The lowest BCUT2D eigenvalue weighted by atomic mass is 10.1. The van der Waals surface area contributed by atoms with Gasteiger partial charge in [-0.25, -0.2) is 0 Å².